The maximum absolute atomic E-state index is 5.72. The number of pyridine rings is 1. The molecule has 0 bridgehead atoms. The molecule has 3 heteroatoms. The fraction of sp³-hybridized carbons (Fsp3) is 0.300. The van der Waals surface area contributed by atoms with Gasteiger partial charge in [0.05, 0.1) is 0 Å². The van der Waals surface area contributed by atoms with Crippen molar-refractivity contribution in [3.05, 3.63) is 35.1 Å². The van der Waals surface area contributed by atoms with Crippen molar-refractivity contribution in [1.82, 2.24) is 4.98 Å². The van der Waals surface area contributed by atoms with Gasteiger partial charge >= 0.3 is 0 Å². The van der Waals surface area contributed by atoms with E-state index in [4.69, 9.17) is 11.6 Å². The van der Waals surface area contributed by atoms with Gasteiger partial charge in [0.25, 0.3) is 0 Å². The lowest BCUT2D eigenvalue weighted by atomic mass is 10.3. The van der Waals surface area contributed by atoms with Gasteiger partial charge in [0.2, 0.25) is 0 Å². The molecule has 0 radical (unpaired) electrons. The molecule has 1 aromatic heterocycles. The molecule has 0 aliphatic heterocycles. The number of nitrogens with zero attached hydrogens (tertiary/aromatic N) is 1. The van der Waals surface area contributed by atoms with Crippen LogP contribution in [0.4, 0.5) is 5.69 Å². The molecule has 1 N–H and O–H groups in total. The molecule has 1 heterocycles. The molecule has 0 saturated carbocycles. The SMILES string of the molecule is CC(C)=CCNc1ccnc(Cl)c1. The van der Waals surface area contributed by atoms with Crippen LogP contribution in [-0.4, -0.2) is 11.5 Å². The van der Waals surface area contributed by atoms with Gasteiger partial charge in [-0.3, -0.25) is 0 Å². The number of allylic oxidation sites excluding steroid dienone is 1. The van der Waals surface area contributed by atoms with Crippen LogP contribution >= 0.6 is 11.6 Å². The van der Waals surface area contributed by atoms with Gasteiger partial charge in [0, 0.05) is 18.4 Å². The molecule has 0 amide bonds. The Labute approximate surface area is 83.6 Å². The molecule has 1 rings (SSSR count). The lowest BCUT2D eigenvalue weighted by Gasteiger charge is -2.02. The molecule has 0 fully saturated rings. The second-order valence-electron chi connectivity index (χ2n) is 3.03. The first-order valence-corrected chi connectivity index (χ1v) is 4.55. The van der Waals surface area contributed by atoms with Crippen molar-refractivity contribution in [1.29, 1.82) is 0 Å². The third kappa shape index (κ3) is 3.95. The van der Waals surface area contributed by atoms with Crippen molar-refractivity contribution in [2.75, 3.05) is 11.9 Å². The number of hydrogen-bond acceptors (Lipinski definition) is 2. The van der Waals surface area contributed by atoms with Gasteiger partial charge in [-0.1, -0.05) is 23.3 Å². The topological polar surface area (TPSA) is 24.9 Å². The molecule has 0 aliphatic carbocycles. The van der Waals surface area contributed by atoms with E-state index in [0.717, 1.165) is 12.2 Å². The van der Waals surface area contributed by atoms with E-state index in [1.807, 2.05) is 6.07 Å². The lowest BCUT2D eigenvalue weighted by Crippen LogP contribution is -1.98. The maximum atomic E-state index is 5.72. The first kappa shape index (κ1) is 10.1. The van der Waals surface area contributed by atoms with Crippen LogP contribution in [0.2, 0.25) is 5.15 Å². The first-order chi connectivity index (χ1) is 6.18. The number of hydrogen-bond donors (Lipinski definition) is 1. The van der Waals surface area contributed by atoms with Gasteiger partial charge in [-0.15, -0.1) is 0 Å². The van der Waals surface area contributed by atoms with E-state index < -0.39 is 0 Å². The predicted molar refractivity (Wildman–Crippen MR) is 57.2 cm³/mol. The summed E-state index contributed by atoms with van der Waals surface area (Å²) in [6.07, 6.45) is 3.81. The monoisotopic (exact) mass is 196 g/mol. The minimum Gasteiger partial charge on any atom is -0.381 e. The number of halogens is 1. The summed E-state index contributed by atoms with van der Waals surface area (Å²) in [5.41, 5.74) is 2.30. The molecule has 0 atom stereocenters. The quantitative estimate of drug-likeness (QED) is 0.594. The van der Waals surface area contributed by atoms with Crippen molar-refractivity contribution >= 4 is 17.3 Å². The highest BCUT2D eigenvalue weighted by atomic mass is 35.5. The average Bonchev–Trinajstić information content (AvgIpc) is 2.03. The van der Waals surface area contributed by atoms with Gasteiger partial charge in [-0.05, 0) is 26.0 Å². The Morgan fingerprint density at radius 1 is 1.62 bits per heavy atom. The summed E-state index contributed by atoms with van der Waals surface area (Å²) in [5, 5.41) is 3.73. The molecule has 1 aromatic rings. The predicted octanol–water partition coefficient (Wildman–Crippen LogP) is 3.11. The minimum absolute atomic E-state index is 0.516. The fourth-order valence-corrected chi connectivity index (χ4v) is 1.06. The zero-order valence-corrected chi connectivity index (χ0v) is 8.60. The molecule has 0 saturated heterocycles. The molecular formula is C10H13ClN2. The van der Waals surface area contributed by atoms with Crippen LogP contribution in [0.3, 0.4) is 0 Å². The third-order valence-electron chi connectivity index (χ3n) is 1.54. The van der Waals surface area contributed by atoms with Crippen molar-refractivity contribution in [3.8, 4) is 0 Å². The van der Waals surface area contributed by atoms with Gasteiger partial charge in [-0.2, -0.15) is 0 Å². The zero-order valence-electron chi connectivity index (χ0n) is 7.84. The van der Waals surface area contributed by atoms with Crippen molar-refractivity contribution in [2.24, 2.45) is 0 Å². The lowest BCUT2D eigenvalue weighted by molar-refractivity contribution is 1.24. The van der Waals surface area contributed by atoms with E-state index in [0.29, 0.717) is 5.15 Å². The van der Waals surface area contributed by atoms with E-state index >= 15 is 0 Å². The summed E-state index contributed by atoms with van der Waals surface area (Å²) >= 11 is 5.72. The molecule has 2 nitrogen and oxygen atoms in total. The Morgan fingerprint density at radius 2 is 2.38 bits per heavy atom. The maximum Gasteiger partial charge on any atom is 0.131 e. The Morgan fingerprint density at radius 3 is 3.00 bits per heavy atom. The normalized spacial score (nSPS) is 9.46. The molecule has 0 unspecified atom stereocenters. The average molecular weight is 197 g/mol. The van der Waals surface area contributed by atoms with E-state index in [-0.39, 0.29) is 0 Å². The number of nitrogens with one attached hydrogen (secondary N) is 1. The highest BCUT2D eigenvalue weighted by Gasteiger charge is 1.91. The Balaban J connectivity index is 2.50. The molecular weight excluding hydrogens is 184 g/mol. The Hall–Kier alpha value is -1.02. The first-order valence-electron chi connectivity index (χ1n) is 4.17. The number of rotatable bonds is 3. The molecule has 0 aromatic carbocycles. The van der Waals surface area contributed by atoms with E-state index in [1.54, 1.807) is 12.3 Å². The van der Waals surface area contributed by atoms with Crippen LogP contribution in [0.15, 0.2) is 30.0 Å². The van der Waals surface area contributed by atoms with Gasteiger partial charge < -0.3 is 5.32 Å². The largest absolute Gasteiger partial charge is 0.381 e. The summed E-state index contributed by atoms with van der Waals surface area (Å²) in [6.45, 7) is 4.96. The van der Waals surface area contributed by atoms with Crippen LogP contribution in [0.25, 0.3) is 0 Å². The summed E-state index contributed by atoms with van der Waals surface area (Å²) in [5.74, 6) is 0. The summed E-state index contributed by atoms with van der Waals surface area (Å²) in [4.78, 5) is 3.89. The Kier molecular flexibility index (Phi) is 3.77. The third-order valence-corrected chi connectivity index (χ3v) is 1.75. The highest BCUT2D eigenvalue weighted by Crippen LogP contribution is 2.11. The van der Waals surface area contributed by atoms with Crippen LogP contribution in [0, 0.1) is 0 Å². The van der Waals surface area contributed by atoms with Crippen LogP contribution < -0.4 is 5.32 Å². The van der Waals surface area contributed by atoms with Crippen molar-refractivity contribution in [2.45, 2.75) is 13.8 Å². The summed E-state index contributed by atoms with van der Waals surface area (Å²) in [7, 11) is 0. The molecule has 0 spiro atoms. The second kappa shape index (κ2) is 4.87. The smallest absolute Gasteiger partial charge is 0.131 e. The standard InChI is InChI=1S/C10H13ClN2/c1-8(2)3-5-12-9-4-6-13-10(11)7-9/h3-4,6-7H,5H2,1-2H3,(H,12,13). The second-order valence-corrected chi connectivity index (χ2v) is 3.42. The highest BCUT2D eigenvalue weighted by molar-refractivity contribution is 6.29. The van der Waals surface area contributed by atoms with Crippen molar-refractivity contribution < 1.29 is 0 Å². The fourth-order valence-electron chi connectivity index (χ4n) is 0.885. The van der Waals surface area contributed by atoms with E-state index in [1.165, 1.54) is 5.57 Å². The summed E-state index contributed by atoms with van der Waals surface area (Å²) < 4.78 is 0. The molecule has 70 valence electrons. The minimum atomic E-state index is 0.516. The van der Waals surface area contributed by atoms with Gasteiger partial charge in [-0.25, -0.2) is 4.98 Å². The van der Waals surface area contributed by atoms with Crippen LogP contribution in [0.1, 0.15) is 13.8 Å². The van der Waals surface area contributed by atoms with Crippen LogP contribution in [-0.2, 0) is 0 Å². The van der Waals surface area contributed by atoms with E-state index in [9.17, 15) is 0 Å². The van der Waals surface area contributed by atoms with Gasteiger partial charge in [0.15, 0.2) is 0 Å². The van der Waals surface area contributed by atoms with Crippen molar-refractivity contribution in [3.63, 3.8) is 0 Å². The summed E-state index contributed by atoms with van der Waals surface area (Å²) in [6, 6.07) is 3.70. The Bertz CT molecular complexity index is 304. The van der Waals surface area contributed by atoms with Crippen LogP contribution in [0.5, 0.6) is 0 Å². The molecule has 0 aliphatic rings. The number of anilines is 1. The number of aromatic nitrogens is 1. The zero-order chi connectivity index (χ0) is 9.68. The van der Waals surface area contributed by atoms with E-state index in [2.05, 4.69) is 30.2 Å². The van der Waals surface area contributed by atoms with Gasteiger partial charge in [0.1, 0.15) is 5.15 Å². The molecule has 13 heavy (non-hydrogen) atoms.